The molecule has 0 aliphatic rings. The third-order valence-corrected chi connectivity index (χ3v) is 4.01. The van der Waals surface area contributed by atoms with Crippen LogP contribution >= 0.6 is 10.2 Å². The molecule has 2 aromatic rings. The number of hydrogen-bond donors (Lipinski definition) is 1. The van der Waals surface area contributed by atoms with Gasteiger partial charge in [0.15, 0.2) is 0 Å². The average Bonchev–Trinajstić information content (AvgIpc) is 2.36. The lowest BCUT2D eigenvalue weighted by Crippen LogP contribution is -2.07. The fraction of sp³-hybridized carbons (Fsp3) is 0.0769. The summed E-state index contributed by atoms with van der Waals surface area (Å²) in [7, 11) is -8.25. The van der Waals surface area contributed by atoms with Crippen molar-refractivity contribution in [1.29, 1.82) is 0 Å². The summed E-state index contributed by atoms with van der Waals surface area (Å²) in [6.45, 7) is 0. The van der Waals surface area contributed by atoms with Crippen molar-refractivity contribution in [3.05, 3.63) is 42.5 Å². The minimum Gasteiger partial charge on any atom is -0.497 e. The highest BCUT2D eigenvalue weighted by Crippen LogP contribution is 3.02. The highest BCUT2D eigenvalue weighted by Gasteiger charge is 2.65. The SMILES string of the molecule is COc1ccc(-c2ccc(S(F)(F)(F)(F)F)cc2N)cc1. The first kappa shape index (κ1) is 15.4. The highest BCUT2D eigenvalue weighted by atomic mass is 32.5. The van der Waals surface area contributed by atoms with E-state index in [-0.39, 0.29) is 17.3 Å². The summed E-state index contributed by atoms with van der Waals surface area (Å²) < 4.78 is 68.4. The number of halogens is 5. The molecule has 0 bridgehead atoms. The Morgan fingerprint density at radius 1 is 0.905 bits per heavy atom. The lowest BCUT2D eigenvalue weighted by atomic mass is 10.0. The van der Waals surface area contributed by atoms with Crippen LogP contribution in [0.25, 0.3) is 11.1 Å². The molecule has 2 N–H and O–H groups in total. The Morgan fingerprint density at radius 3 is 1.90 bits per heavy atom. The zero-order valence-corrected chi connectivity index (χ0v) is 11.6. The van der Waals surface area contributed by atoms with E-state index in [1.54, 1.807) is 24.3 Å². The molecule has 2 aromatic carbocycles. The summed E-state index contributed by atoms with van der Waals surface area (Å²) in [5, 5.41) is 0. The Kier molecular flexibility index (Phi) is 2.96. The number of anilines is 1. The van der Waals surface area contributed by atoms with Crippen LogP contribution in [0, 0.1) is 0 Å². The first-order valence-electron chi connectivity index (χ1n) is 5.69. The van der Waals surface area contributed by atoms with E-state index in [4.69, 9.17) is 10.5 Å². The molecule has 0 radical (unpaired) electrons. The monoisotopic (exact) mass is 325 g/mol. The maximum absolute atomic E-state index is 12.7. The van der Waals surface area contributed by atoms with Crippen molar-refractivity contribution in [1.82, 2.24) is 0 Å². The second-order valence-electron chi connectivity index (χ2n) is 4.45. The molecule has 2 nitrogen and oxygen atoms in total. The van der Waals surface area contributed by atoms with Gasteiger partial charge in [0.05, 0.1) is 7.11 Å². The Bertz CT molecular complexity index is 682. The number of ether oxygens (including phenoxy) is 1. The summed E-state index contributed by atoms with van der Waals surface area (Å²) >= 11 is 0. The standard InChI is InChI=1S/C13H12F5NOS/c1-20-10-4-2-9(3-5-10)12-7-6-11(8-13(12)19)21(14,15,16,17)18/h2-8H,19H2,1H3. The van der Waals surface area contributed by atoms with Gasteiger partial charge in [-0.1, -0.05) is 37.6 Å². The summed E-state index contributed by atoms with van der Waals surface area (Å²) in [4.78, 5) is -2.00. The van der Waals surface area contributed by atoms with Crippen molar-refractivity contribution in [3.8, 4) is 16.9 Å². The number of rotatable bonds is 3. The molecular formula is C13H12F5NOS. The number of nitrogens with two attached hydrogens (primary N) is 1. The number of methoxy groups -OCH3 is 1. The fourth-order valence-corrected chi connectivity index (χ4v) is 2.49. The van der Waals surface area contributed by atoms with Crippen molar-refractivity contribution in [2.45, 2.75) is 4.90 Å². The van der Waals surface area contributed by atoms with Crippen LogP contribution in [0.4, 0.5) is 25.1 Å². The zero-order valence-electron chi connectivity index (χ0n) is 10.8. The van der Waals surface area contributed by atoms with E-state index in [2.05, 4.69) is 0 Å². The predicted molar refractivity (Wildman–Crippen MR) is 74.2 cm³/mol. The molecule has 2 rings (SSSR count). The van der Waals surface area contributed by atoms with Crippen molar-refractivity contribution in [2.75, 3.05) is 12.8 Å². The van der Waals surface area contributed by atoms with Gasteiger partial charge in [0.25, 0.3) is 0 Å². The van der Waals surface area contributed by atoms with Crippen LogP contribution in [0.3, 0.4) is 0 Å². The molecule has 0 aromatic heterocycles. The molecule has 0 heterocycles. The Labute approximate surface area is 118 Å². The molecule has 0 amide bonds. The van der Waals surface area contributed by atoms with Gasteiger partial charge >= 0.3 is 10.2 Å². The lowest BCUT2D eigenvalue weighted by molar-refractivity contribution is 0.364. The molecule has 8 heteroatoms. The maximum atomic E-state index is 12.7. The van der Waals surface area contributed by atoms with Crippen LogP contribution in [0.15, 0.2) is 47.4 Å². The van der Waals surface area contributed by atoms with Crippen LogP contribution in [0.2, 0.25) is 0 Å². The molecular weight excluding hydrogens is 313 g/mol. The molecule has 0 saturated carbocycles. The van der Waals surface area contributed by atoms with Crippen molar-refractivity contribution in [3.63, 3.8) is 0 Å². The van der Waals surface area contributed by atoms with Gasteiger partial charge in [-0.2, -0.15) is 0 Å². The third-order valence-electron chi connectivity index (χ3n) is 2.87. The molecule has 21 heavy (non-hydrogen) atoms. The summed E-state index contributed by atoms with van der Waals surface area (Å²) in [6.07, 6.45) is 0. The topological polar surface area (TPSA) is 35.2 Å². The molecule has 0 saturated heterocycles. The highest BCUT2D eigenvalue weighted by molar-refractivity contribution is 8.45. The van der Waals surface area contributed by atoms with Crippen molar-refractivity contribution < 1.29 is 24.2 Å². The van der Waals surface area contributed by atoms with E-state index in [9.17, 15) is 19.4 Å². The van der Waals surface area contributed by atoms with Crippen LogP contribution in [-0.2, 0) is 0 Å². The van der Waals surface area contributed by atoms with Crippen LogP contribution < -0.4 is 10.5 Å². The minimum atomic E-state index is -9.71. The molecule has 0 fully saturated rings. The predicted octanol–water partition coefficient (Wildman–Crippen LogP) is 5.60. The fourth-order valence-electron chi connectivity index (χ4n) is 1.81. The van der Waals surface area contributed by atoms with Gasteiger partial charge in [-0.3, -0.25) is 0 Å². The lowest BCUT2D eigenvalue weighted by Gasteiger charge is -2.40. The molecule has 0 atom stereocenters. The molecule has 0 aliphatic carbocycles. The molecule has 0 aliphatic heterocycles. The van der Waals surface area contributed by atoms with Gasteiger partial charge in [-0.15, -0.1) is 0 Å². The molecule has 0 spiro atoms. The van der Waals surface area contributed by atoms with Crippen molar-refractivity contribution in [2.24, 2.45) is 0 Å². The quantitative estimate of drug-likeness (QED) is 0.589. The Hall–Kier alpha value is -1.96. The van der Waals surface area contributed by atoms with Gasteiger partial charge in [0.1, 0.15) is 10.6 Å². The summed E-state index contributed by atoms with van der Waals surface area (Å²) in [6, 6.07) is 7.87. The third kappa shape index (κ3) is 3.38. The first-order chi connectivity index (χ1) is 9.40. The largest absolute Gasteiger partial charge is 0.497 e. The summed E-state index contributed by atoms with van der Waals surface area (Å²) in [5.41, 5.74) is 5.86. The Morgan fingerprint density at radius 2 is 1.48 bits per heavy atom. The van der Waals surface area contributed by atoms with Crippen LogP contribution in [-0.4, -0.2) is 7.11 Å². The number of benzene rings is 2. The van der Waals surface area contributed by atoms with Crippen LogP contribution in [0.1, 0.15) is 0 Å². The van der Waals surface area contributed by atoms with E-state index < -0.39 is 15.1 Å². The van der Waals surface area contributed by atoms with E-state index in [1.165, 1.54) is 7.11 Å². The van der Waals surface area contributed by atoms with Gasteiger partial charge in [-0.05, 0) is 29.8 Å². The number of nitrogen functional groups attached to an aromatic ring is 1. The average molecular weight is 325 g/mol. The van der Waals surface area contributed by atoms with E-state index in [1.807, 2.05) is 0 Å². The van der Waals surface area contributed by atoms with E-state index >= 15 is 0 Å². The first-order valence-corrected chi connectivity index (χ1v) is 7.64. The second kappa shape index (κ2) is 4.03. The zero-order chi connectivity index (χ0) is 16.0. The smallest absolute Gasteiger partial charge is 0.310 e. The minimum absolute atomic E-state index is 0.239. The Balaban J connectivity index is 2.50. The van der Waals surface area contributed by atoms with E-state index in [0.717, 1.165) is 6.07 Å². The molecule has 0 unspecified atom stereocenters. The maximum Gasteiger partial charge on any atom is 0.310 e. The van der Waals surface area contributed by atoms with Gasteiger partial charge in [-0.25, -0.2) is 0 Å². The van der Waals surface area contributed by atoms with Gasteiger partial charge < -0.3 is 10.5 Å². The van der Waals surface area contributed by atoms with E-state index in [0.29, 0.717) is 17.4 Å². The van der Waals surface area contributed by atoms with Gasteiger partial charge in [0, 0.05) is 11.3 Å². The summed E-state index contributed by atoms with van der Waals surface area (Å²) in [5.74, 6) is 0.556. The molecule has 116 valence electrons. The normalized spacial score (nSPS) is 15.1. The van der Waals surface area contributed by atoms with Crippen LogP contribution in [0.5, 0.6) is 5.75 Å². The van der Waals surface area contributed by atoms with Crippen molar-refractivity contribution >= 4 is 15.9 Å². The number of hydrogen-bond acceptors (Lipinski definition) is 2. The van der Waals surface area contributed by atoms with Gasteiger partial charge in [0.2, 0.25) is 0 Å². The second-order valence-corrected chi connectivity index (χ2v) is 6.86.